The molecule has 1 aromatic carbocycles. The van der Waals surface area contributed by atoms with Gasteiger partial charge in [0, 0.05) is 32.6 Å². The lowest BCUT2D eigenvalue weighted by molar-refractivity contribution is -0.153. The summed E-state index contributed by atoms with van der Waals surface area (Å²) in [4.78, 5) is 17.7. The van der Waals surface area contributed by atoms with Crippen LogP contribution >= 0.6 is 0 Å². The summed E-state index contributed by atoms with van der Waals surface area (Å²) >= 11 is 0. The lowest BCUT2D eigenvalue weighted by atomic mass is 10.1. The van der Waals surface area contributed by atoms with Gasteiger partial charge in [-0.05, 0) is 30.7 Å². The molecule has 0 unspecified atom stereocenters. The van der Waals surface area contributed by atoms with Crippen molar-refractivity contribution < 1.29 is 27.1 Å². The first kappa shape index (κ1) is 24.1. The van der Waals surface area contributed by atoms with Gasteiger partial charge >= 0.3 is 6.18 Å². The zero-order valence-electron chi connectivity index (χ0n) is 17.8. The Kier molecular flexibility index (Phi) is 8.77. The van der Waals surface area contributed by atoms with Crippen LogP contribution in [0.5, 0.6) is 5.75 Å². The number of aryl methyl sites for hydroxylation is 1. The quantitative estimate of drug-likeness (QED) is 0.463. The highest BCUT2D eigenvalue weighted by atomic mass is 19.4. The number of likely N-dealkylation sites (N-methyl/N-ethyl adjacent to an activating group) is 1. The minimum absolute atomic E-state index is 0.0188. The van der Waals surface area contributed by atoms with Crippen LogP contribution in [-0.4, -0.2) is 56.7 Å². The molecule has 1 aromatic heterocycles. The zero-order valence-corrected chi connectivity index (χ0v) is 17.8. The average molecular weight is 440 g/mol. The van der Waals surface area contributed by atoms with E-state index in [9.17, 15) is 18.0 Å². The van der Waals surface area contributed by atoms with Crippen LogP contribution in [-0.2, 0) is 17.8 Å². The molecule has 0 saturated heterocycles. The predicted octanol–water partition coefficient (Wildman–Crippen LogP) is 2.90. The number of aliphatic imine (C=N–C) groups is 1. The summed E-state index contributed by atoms with van der Waals surface area (Å²) < 4.78 is 48.0. The van der Waals surface area contributed by atoms with Crippen molar-refractivity contribution in [3.05, 3.63) is 53.5 Å². The van der Waals surface area contributed by atoms with Crippen molar-refractivity contribution in [1.82, 2.24) is 15.5 Å². The smallest absolute Gasteiger partial charge is 0.422 e. The maximum absolute atomic E-state index is 12.6. The van der Waals surface area contributed by atoms with Gasteiger partial charge < -0.3 is 24.7 Å². The van der Waals surface area contributed by atoms with E-state index in [4.69, 9.17) is 9.15 Å². The van der Waals surface area contributed by atoms with Crippen LogP contribution < -0.4 is 15.4 Å². The second-order valence-electron chi connectivity index (χ2n) is 7.08. The van der Waals surface area contributed by atoms with E-state index in [1.165, 1.54) is 4.90 Å². The molecule has 10 heteroatoms. The third-order valence-electron chi connectivity index (χ3n) is 4.17. The Morgan fingerprint density at radius 3 is 2.65 bits per heavy atom. The number of carbonyl (C=O) groups is 1. The normalized spacial score (nSPS) is 11.9. The monoisotopic (exact) mass is 440 g/mol. The fourth-order valence-corrected chi connectivity index (χ4v) is 2.50. The molecule has 0 aliphatic rings. The molecule has 2 N–H and O–H groups in total. The molecule has 0 saturated carbocycles. The van der Waals surface area contributed by atoms with Crippen molar-refractivity contribution >= 4 is 11.9 Å². The lowest BCUT2D eigenvalue weighted by Crippen LogP contribution is -2.43. The number of carbonyl (C=O) groups excluding carboxylic acids is 1. The Labute approximate surface area is 179 Å². The van der Waals surface area contributed by atoms with Crippen LogP contribution in [0.1, 0.15) is 16.9 Å². The third kappa shape index (κ3) is 9.02. The van der Waals surface area contributed by atoms with Crippen LogP contribution in [0.25, 0.3) is 0 Å². The summed E-state index contributed by atoms with van der Waals surface area (Å²) in [6.07, 6.45) is -2.26. The summed E-state index contributed by atoms with van der Waals surface area (Å²) in [6, 6.07) is 8.63. The Hall–Kier alpha value is -3.17. The van der Waals surface area contributed by atoms with Crippen LogP contribution in [0.2, 0.25) is 0 Å². The van der Waals surface area contributed by atoms with Gasteiger partial charge in [0.25, 0.3) is 0 Å². The molecule has 0 radical (unpaired) electrons. The van der Waals surface area contributed by atoms with Crippen LogP contribution in [0, 0.1) is 6.92 Å². The first-order chi connectivity index (χ1) is 14.6. The molecule has 0 fully saturated rings. The Bertz CT molecular complexity index is 865. The highest BCUT2D eigenvalue weighted by Gasteiger charge is 2.28. The number of ether oxygens (including phenoxy) is 1. The first-order valence-corrected chi connectivity index (χ1v) is 9.68. The lowest BCUT2D eigenvalue weighted by Gasteiger charge is -2.16. The molecule has 7 nitrogen and oxygen atoms in total. The molecule has 31 heavy (non-hydrogen) atoms. The molecule has 2 aromatic rings. The summed E-state index contributed by atoms with van der Waals surface area (Å²) in [7, 11) is 3.28. The SMILES string of the molecule is Cc1ccc(CN=C(NCCc2ccco2)NCC(=O)N(C)C)c(OCC(F)(F)F)c1. The van der Waals surface area contributed by atoms with Gasteiger partial charge in [-0.15, -0.1) is 0 Å². The second kappa shape index (κ2) is 11.3. The van der Waals surface area contributed by atoms with Gasteiger partial charge in [0.2, 0.25) is 5.91 Å². The van der Waals surface area contributed by atoms with Crippen molar-refractivity contribution in [1.29, 1.82) is 0 Å². The number of guanidine groups is 1. The third-order valence-corrected chi connectivity index (χ3v) is 4.17. The molecule has 170 valence electrons. The average Bonchev–Trinajstić information content (AvgIpc) is 3.21. The summed E-state index contributed by atoms with van der Waals surface area (Å²) in [5, 5.41) is 6.03. The molecule has 1 heterocycles. The molecule has 0 aliphatic carbocycles. The maximum atomic E-state index is 12.6. The second-order valence-corrected chi connectivity index (χ2v) is 7.08. The highest BCUT2D eigenvalue weighted by Crippen LogP contribution is 2.24. The molecule has 0 aliphatic heterocycles. The van der Waals surface area contributed by atoms with E-state index in [0.717, 1.165) is 11.3 Å². The van der Waals surface area contributed by atoms with Gasteiger partial charge in [0.05, 0.1) is 19.4 Å². The van der Waals surface area contributed by atoms with Crippen molar-refractivity contribution in [2.75, 3.05) is 33.8 Å². The molecule has 0 bridgehead atoms. The molecular weight excluding hydrogens is 413 g/mol. The van der Waals surface area contributed by atoms with E-state index >= 15 is 0 Å². The van der Waals surface area contributed by atoms with Gasteiger partial charge in [-0.2, -0.15) is 13.2 Å². The fraction of sp³-hybridized carbons (Fsp3) is 0.429. The Morgan fingerprint density at radius 1 is 1.23 bits per heavy atom. The first-order valence-electron chi connectivity index (χ1n) is 9.68. The van der Waals surface area contributed by atoms with Crippen molar-refractivity contribution in [3.8, 4) is 5.75 Å². The number of hydrogen-bond donors (Lipinski definition) is 2. The maximum Gasteiger partial charge on any atom is 0.422 e. The van der Waals surface area contributed by atoms with Crippen LogP contribution in [0.15, 0.2) is 46.0 Å². The Balaban J connectivity index is 2.08. The molecule has 0 atom stereocenters. The standard InChI is InChI=1S/C21H27F3N4O3/c1-15-6-7-16(18(11-15)31-14-21(22,23)24)12-26-20(27-13-19(29)28(2)3)25-9-8-17-5-4-10-30-17/h4-7,10-11H,8-9,12-14H2,1-3H3,(H2,25,26,27). The number of amides is 1. The number of hydrogen-bond acceptors (Lipinski definition) is 4. The van der Waals surface area contributed by atoms with E-state index in [1.54, 1.807) is 51.5 Å². The molecule has 0 spiro atoms. The topological polar surface area (TPSA) is 79.1 Å². The number of nitrogens with zero attached hydrogens (tertiary/aromatic N) is 2. The number of nitrogens with one attached hydrogen (secondary N) is 2. The number of halogens is 3. The van der Waals surface area contributed by atoms with Crippen LogP contribution in [0.3, 0.4) is 0 Å². The van der Waals surface area contributed by atoms with Crippen LogP contribution in [0.4, 0.5) is 13.2 Å². The van der Waals surface area contributed by atoms with E-state index in [-0.39, 0.29) is 24.7 Å². The number of rotatable bonds is 9. The number of furan rings is 1. The van der Waals surface area contributed by atoms with E-state index < -0.39 is 12.8 Å². The van der Waals surface area contributed by atoms with Gasteiger partial charge in [0.1, 0.15) is 11.5 Å². The fourth-order valence-electron chi connectivity index (χ4n) is 2.50. The minimum Gasteiger partial charge on any atom is -0.484 e. The van der Waals surface area contributed by atoms with Crippen molar-refractivity contribution in [2.24, 2.45) is 4.99 Å². The van der Waals surface area contributed by atoms with E-state index in [2.05, 4.69) is 15.6 Å². The van der Waals surface area contributed by atoms with Crippen molar-refractivity contribution in [2.45, 2.75) is 26.1 Å². The molecule has 1 amide bonds. The van der Waals surface area contributed by atoms with E-state index in [1.807, 2.05) is 6.07 Å². The molecule has 2 rings (SSSR count). The van der Waals surface area contributed by atoms with Gasteiger partial charge in [-0.25, -0.2) is 4.99 Å². The highest BCUT2D eigenvalue weighted by molar-refractivity contribution is 5.86. The van der Waals surface area contributed by atoms with Gasteiger partial charge in [-0.3, -0.25) is 4.79 Å². The summed E-state index contributed by atoms with van der Waals surface area (Å²) in [5.41, 5.74) is 1.28. The van der Waals surface area contributed by atoms with E-state index in [0.29, 0.717) is 24.5 Å². The molecular formula is C21H27F3N4O3. The van der Waals surface area contributed by atoms with Gasteiger partial charge in [-0.1, -0.05) is 12.1 Å². The number of alkyl halides is 3. The number of benzene rings is 1. The summed E-state index contributed by atoms with van der Waals surface area (Å²) in [5.74, 6) is 1.12. The largest absolute Gasteiger partial charge is 0.484 e. The Morgan fingerprint density at radius 2 is 2.00 bits per heavy atom. The minimum atomic E-state index is -4.43. The summed E-state index contributed by atoms with van der Waals surface area (Å²) in [6.45, 7) is 0.964. The zero-order chi connectivity index (χ0) is 22.9. The van der Waals surface area contributed by atoms with Gasteiger partial charge in [0.15, 0.2) is 12.6 Å². The van der Waals surface area contributed by atoms with Crippen molar-refractivity contribution in [3.63, 3.8) is 0 Å². The predicted molar refractivity (Wildman–Crippen MR) is 111 cm³/mol.